The summed E-state index contributed by atoms with van der Waals surface area (Å²) in [7, 11) is 0. The average Bonchev–Trinajstić information content (AvgIpc) is 3.52. The molecule has 0 aliphatic carbocycles. The number of rotatable bonds is 9. The first-order valence-corrected chi connectivity index (χ1v) is 11.0. The number of aryl methyl sites for hydroxylation is 1. The van der Waals surface area contributed by atoms with Gasteiger partial charge < -0.3 is 15.2 Å². The van der Waals surface area contributed by atoms with Crippen molar-refractivity contribution >= 4 is 11.8 Å². The van der Waals surface area contributed by atoms with Crippen molar-refractivity contribution in [2.45, 2.75) is 70.9 Å². The average molecular weight is 414 g/mol. The molecule has 2 aromatic heterocycles. The fourth-order valence-electron chi connectivity index (χ4n) is 5.18. The lowest BCUT2D eigenvalue weighted by Crippen LogP contribution is -2.50. The van der Waals surface area contributed by atoms with Gasteiger partial charge in [0.15, 0.2) is 5.82 Å². The number of fused-ring (bicyclic) bond motifs is 2. The number of aromatic nitrogens is 5. The number of tetrazole rings is 1. The van der Waals surface area contributed by atoms with E-state index in [4.69, 9.17) is 0 Å². The molecule has 0 aromatic carbocycles. The van der Waals surface area contributed by atoms with Crippen molar-refractivity contribution in [2.75, 3.05) is 6.54 Å². The maximum atomic E-state index is 13.5. The highest BCUT2D eigenvalue weighted by Gasteiger charge is 2.60. The van der Waals surface area contributed by atoms with E-state index in [1.54, 1.807) is 6.20 Å². The van der Waals surface area contributed by atoms with Gasteiger partial charge in [0, 0.05) is 31.2 Å². The maximum Gasteiger partial charge on any atom is 0.270 e. The molecule has 0 unspecified atom stereocenters. The molecular weight excluding hydrogens is 382 g/mol. The molecule has 9 nitrogen and oxygen atoms in total. The van der Waals surface area contributed by atoms with Crippen LogP contribution in [-0.2, 0) is 11.2 Å². The van der Waals surface area contributed by atoms with Crippen molar-refractivity contribution in [3.8, 4) is 0 Å². The van der Waals surface area contributed by atoms with E-state index in [2.05, 4.69) is 44.8 Å². The molecular formula is C21H31N7O2. The molecule has 2 amide bonds. The Balaban J connectivity index is 1.46. The van der Waals surface area contributed by atoms with Crippen LogP contribution in [0.3, 0.4) is 0 Å². The molecule has 4 rings (SSSR count). The molecule has 30 heavy (non-hydrogen) atoms. The summed E-state index contributed by atoms with van der Waals surface area (Å²) in [5.41, 5.74) is 0.105. The number of hydrogen-bond acceptors (Lipinski definition) is 5. The number of carbonyl (C=O) groups is 2. The van der Waals surface area contributed by atoms with Crippen LogP contribution in [0.1, 0.15) is 68.7 Å². The normalized spacial score (nSPS) is 25.2. The van der Waals surface area contributed by atoms with E-state index < -0.39 is 5.41 Å². The number of hydrogen-bond donors (Lipinski definition) is 3. The zero-order chi connectivity index (χ0) is 21.1. The van der Waals surface area contributed by atoms with Gasteiger partial charge in [-0.05, 0) is 56.6 Å². The molecule has 3 N–H and O–H groups in total. The third-order valence-electron chi connectivity index (χ3n) is 6.68. The monoisotopic (exact) mass is 413 g/mol. The van der Waals surface area contributed by atoms with E-state index in [0.29, 0.717) is 30.4 Å². The zero-order valence-electron chi connectivity index (χ0n) is 17.7. The number of amides is 2. The van der Waals surface area contributed by atoms with E-state index in [0.717, 1.165) is 38.5 Å². The highest BCUT2D eigenvalue weighted by Crippen LogP contribution is 2.53. The van der Waals surface area contributed by atoms with Crippen LogP contribution in [0.25, 0.3) is 0 Å². The van der Waals surface area contributed by atoms with Crippen molar-refractivity contribution in [3.05, 3.63) is 29.8 Å². The highest BCUT2D eigenvalue weighted by atomic mass is 16.2. The minimum Gasteiger partial charge on any atom is -0.357 e. The van der Waals surface area contributed by atoms with Crippen LogP contribution in [0, 0.1) is 11.3 Å². The standard InChI is InChI=1S/C21H31N7O2/c1-14(2)9-10-21(20(30)23-12-4-6-18-24-26-27-25-18)13-15-7-8-17(21)28(15)19(29)16-5-3-11-22-16/h3,5,11,14-15,17,22H,4,6-10,12-13H2,1-2H3,(H,23,30)(H,24,25,26,27)/t15-,17+,21+/m1/s1. The second kappa shape index (κ2) is 8.57. The summed E-state index contributed by atoms with van der Waals surface area (Å²) < 4.78 is 0. The van der Waals surface area contributed by atoms with Crippen LogP contribution >= 0.6 is 0 Å². The molecule has 3 atom stereocenters. The molecule has 0 radical (unpaired) electrons. The number of aromatic amines is 2. The number of nitrogens with one attached hydrogen (secondary N) is 3. The summed E-state index contributed by atoms with van der Waals surface area (Å²) in [5.74, 6) is 1.28. The molecule has 0 spiro atoms. The van der Waals surface area contributed by atoms with Gasteiger partial charge in [-0.25, -0.2) is 0 Å². The van der Waals surface area contributed by atoms with Gasteiger partial charge in [0.1, 0.15) is 5.69 Å². The van der Waals surface area contributed by atoms with E-state index in [-0.39, 0.29) is 23.9 Å². The summed E-state index contributed by atoms with van der Waals surface area (Å²) in [6, 6.07) is 3.76. The topological polar surface area (TPSA) is 120 Å². The molecule has 4 heterocycles. The number of H-pyrrole nitrogens is 2. The van der Waals surface area contributed by atoms with Gasteiger partial charge in [0.05, 0.1) is 5.41 Å². The van der Waals surface area contributed by atoms with Crippen LogP contribution in [0.4, 0.5) is 0 Å². The van der Waals surface area contributed by atoms with Gasteiger partial charge >= 0.3 is 0 Å². The Kier molecular flexibility index (Phi) is 5.87. The summed E-state index contributed by atoms with van der Waals surface area (Å²) in [6.45, 7) is 4.94. The Morgan fingerprint density at radius 3 is 2.93 bits per heavy atom. The van der Waals surface area contributed by atoms with Gasteiger partial charge in [-0.3, -0.25) is 9.59 Å². The summed E-state index contributed by atoms with van der Waals surface area (Å²) in [4.78, 5) is 31.7. The third-order valence-corrected chi connectivity index (χ3v) is 6.68. The lowest BCUT2D eigenvalue weighted by Gasteiger charge is -2.36. The van der Waals surface area contributed by atoms with Crippen molar-refractivity contribution in [1.82, 2.24) is 35.8 Å². The van der Waals surface area contributed by atoms with E-state index in [9.17, 15) is 9.59 Å². The predicted molar refractivity (Wildman–Crippen MR) is 110 cm³/mol. The van der Waals surface area contributed by atoms with Gasteiger partial charge in [-0.2, -0.15) is 5.21 Å². The maximum absolute atomic E-state index is 13.5. The summed E-state index contributed by atoms with van der Waals surface area (Å²) in [5, 5.41) is 17.1. The first-order valence-electron chi connectivity index (χ1n) is 11.0. The smallest absolute Gasteiger partial charge is 0.270 e. The number of carbonyl (C=O) groups excluding carboxylic acids is 2. The van der Waals surface area contributed by atoms with Crippen LogP contribution in [0.2, 0.25) is 0 Å². The Bertz CT molecular complexity index is 849. The van der Waals surface area contributed by atoms with Crippen LogP contribution in [0.5, 0.6) is 0 Å². The minimum atomic E-state index is -0.498. The first-order chi connectivity index (χ1) is 14.5. The Morgan fingerprint density at radius 1 is 1.37 bits per heavy atom. The molecule has 2 fully saturated rings. The van der Waals surface area contributed by atoms with Crippen LogP contribution in [0.15, 0.2) is 18.3 Å². The Morgan fingerprint density at radius 2 is 2.23 bits per heavy atom. The molecule has 2 aliphatic rings. The largest absolute Gasteiger partial charge is 0.357 e. The Labute approximate surface area is 176 Å². The third kappa shape index (κ3) is 3.85. The molecule has 2 aromatic rings. The second-order valence-corrected chi connectivity index (χ2v) is 9.02. The lowest BCUT2D eigenvalue weighted by atomic mass is 9.69. The van der Waals surface area contributed by atoms with Gasteiger partial charge in [-0.15, -0.1) is 10.2 Å². The molecule has 9 heteroatoms. The highest BCUT2D eigenvalue weighted by molar-refractivity contribution is 5.95. The van der Waals surface area contributed by atoms with Crippen molar-refractivity contribution in [1.29, 1.82) is 0 Å². The van der Waals surface area contributed by atoms with E-state index >= 15 is 0 Å². The fraction of sp³-hybridized carbons (Fsp3) is 0.667. The number of nitrogens with zero attached hydrogens (tertiary/aromatic N) is 4. The molecule has 2 saturated heterocycles. The minimum absolute atomic E-state index is 0.0174. The van der Waals surface area contributed by atoms with Gasteiger partial charge in [-0.1, -0.05) is 19.1 Å². The quantitative estimate of drug-likeness (QED) is 0.544. The Hall–Kier alpha value is -2.71. The van der Waals surface area contributed by atoms with Crippen molar-refractivity contribution < 1.29 is 9.59 Å². The van der Waals surface area contributed by atoms with E-state index in [1.807, 2.05) is 17.0 Å². The molecule has 2 aliphatic heterocycles. The molecule has 162 valence electrons. The van der Waals surface area contributed by atoms with Crippen molar-refractivity contribution in [2.24, 2.45) is 11.3 Å². The predicted octanol–water partition coefficient (Wildman–Crippen LogP) is 2.08. The van der Waals surface area contributed by atoms with E-state index in [1.165, 1.54) is 0 Å². The fourth-order valence-corrected chi connectivity index (χ4v) is 5.18. The molecule has 0 saturated carbocycles. The van der Waals surface area contributed by atoms with Crippen LogP contribution < -0.4 is 5.32 Å². The van der Waals surface area contributed by atoms with Gasteiger partial charge in [0.25, 0.3) is 5.91 Å². The van der Waals surface area contributed by atoms with Gasteiger partial charge in [0.2, 0.25) is 5.91 Å². The summed E-state index contributed by atoms with van der Waals surface area (Å²) >= 11 is 0. The lowest BCUT2D eigenvalue weighted by molar-refractivity contribution is -0.133. The van der Waals surface area contributed by atoms with Crippen LogP contribution in [-0.4, -0.2) is 61.0 Å². The second-order valence-electron chi connectivity index (χ2n) is 9.02. The summed E-state index contributed by atoms with van der Waals surface area (Å²) in [6.07, 6.45) is 7.61. The van der Waals surface area contributed by atoms with Crippen molar-refractivity contribution in [3.63, 3.8) is 0 Å². The zero-order valence-corrected chi connectivity index (χ0v) is 17.7. The first kappa shape index (κ1) is 20.6. The SMILES string of the molecule is CC(C)CC[C@]1(C(=O)NCCCc2nn[nH]n2)C[C@H]2CC[C@@H]1N2C(=O)c1ccc[nH]1. The molecule has 2 bridgehead atoms.